The average molecular weight is 405 g/mol. The molecule has 0 unspecified atom stereocenters. The van der Waals surface area contributed by atoms with Gasteiger partial charge in [-0.2, -0.15) is 4.31 Å². The Labute approximate surface area is 167 Å². The van der Waals surface area contributed by atoms with E-state index in [9.17, 15) is 13.2 Å². The molecule has 152 valence electrons. The van der Waals surface area contributed by atoms with Crippen LogP contribution in [0.5, 0.6) is 5.75 Å². The van der Waals surface area contributed by atoms with Crippen molar-refractivity contribution >= 4 is 21.6 Å². The van der Waals surface area contributed by atoms with Gasteiger partial charge in [-0.25, -0.2) is 8.42 Å². The van der Waals surface area contributed by atoms with E-state index < -0.39 is 10.0 Å². The van der Waals surface area contributed by atoms with Crippen molar-refractivity contribution in [3.05, 3.63) is 53.1 Å². The number of hydrogen-bond acceptors (Lipinski definition) is 4. The summed E-state index contributed by atoms with van der Waals surface area (Å²) >= 11 is 0. The van der Waals surface area contributed by atoms with Gasteiger partial charge < -0.3 is 10.1 Å². The molecular formula is C21H28N2O4S. The minimum absolute atomic E-state index is 0.120. The maximum Gasteiger partial charge on any atom is 0.262 e. The lowest BCUT2D eigenvalue weighted by Gasteiger charge is -2.18. The van der Waals surface area contributed by atoms with Gasteiger partial charge in [0.1, 0.15) is 5.75 Å². The van der Waals surface area contributed by atoms with E-state index in [1.54, 1.807) is 26.0 Å². The number of anilines is 1. The van der Waals surface area contributed by atoms with E-state index in [0.717, 1.165) is 22.4 Å². The van der Waals surface area contributed by atoms with Crippen LogP contribution in [0.4, 0.5) is 5.69 Å². The monoisotopic (exact) mass is 404 g/mol. The largest absolute Gasteiger partial charge is 0.483 e. The van der Waals surface area contributed by atoms with Crippen LogP contribution in [-0.4, -0.2) is 38.3 Å². The van der Waals surface area contributed by atoms with Crippen LogP contribution in [0, 0.1) is 20.8 Å². The van der Waals surface area contributed by atoms with Crippen molar-refractivity contribution in [2.45, 2.75) is 39.5 Å². The van der Waals surface area contributed by atoms with Gasteiger partial charge in [0.15, 0.2) is 6.61 Å². The topological polar surface area (TPSA) is 75.7 Å². The Bertz CT molecular complexity index is 934. The standard InChI is InChI=1S/C21H28N2O4S/c1-6-23(7-2)28(25,26)19-12-10-18(11-13-19)22-20(24)14-27-21-16(4)9-8-15(3)17(21)5/h8-13H,6-7,14H2,1-5H3,(H,22,24). The third kappa shape index (κ3) is 4.91. The lowest BCUT2D eigenvalue weighted by atomic mass is 10.1. The maximum atomic E-state index is 12.5. The number of nitrogens with zero attached hydrogens (tertiary/aromatic N) is 1. The molecular weight excluding hydrogens is 376 g/mol. The van der Waals surface area contributed by atoms with Gasteiger partial charge in [0.05, 0.1) is 4.90 Å². The molecule has 0 fully saturated rings. The Morgan fingerprint density at radius 1 is 0.964 bits per heavy atom. The summed E-state index contributed by atoms with van der Waals surface area (Å²) in [5, 5.41) is 2.73. The van der Waals surface area contributed by atoms with Gasteiger partial charge in [-0.1, -0.05) is 26.0 Å². The van der Waals surface area contributed by atoms with Gasteiger partial charge in [0.25, 0.3) is 5.91 Å². The van der Waals surface area contributed by atoms with Gasteiger partial charge in [-0.15, -0.1) is 0 Å². The van der Waals surface area contributed by atoms with Crippen LogP contribution in [0.25, 0.3) is 0 Å². The predicted octanol–water partition coefficient (Wildman–Crippen LogP) is 3.66. The molecule has 0 aliphatic carbocycles. The molecule has 0 radical (unpaired) electrons. The molecule has 0 atom stereocenters. The van der Waals surface area contributed by atoms with Crippen LogP contribution < -0.4 is 10.1 Å². The Hall–Kier alpha value is -2.38. The first-order valence-electron chi connectivity index (χ1n) is 9.30. The fourth-order valence-electron chi connectivity index (χ4n) is 2.91. The summed E-state index contributed by atoms with van der Waals surface area (Å²) in [7, 11) is -3.51. The second kappa shape index (κ2) is 9.21. The Morgan fingerprint density at radius 2 is 1.54 bits per heavy atom. The van der Waals surface area contributed by atoms with Crippen molar-refractivity contribution in [1.82, 2.24) is 4.31 Å². The van der Waals surface area contributed by atoms with Crippen molar-refractivity contribution < 1.29 is 17.9 Å². The zero-order valence-corrected chi connectivity index (χ0v) is 17.9. The number of rotatable bonds is 8. The first-order valence-corrected chi connectivity index (χ1v) is 10.7. The van der Waals surface area contributed by atoms with E-state index in [0.29, 0.717) is 18.8 Å². The highest BCUT2D eigenvalue weighted by Gasteiger charge is 2.21. The fourth-order valence-corrected chi connectivity index (χ4v) is 4.36. The molecule has 1 N–H and O–H groups in total. The SMILES string of the molecule is CCN(CC)S(=O)(=O)c1ccc(NC(=O)COc2c(C)ccc(C)c2C)cc1. The number of hydrogen-bond donors (Lipinski definition) is 1. The predicted molar refractivity (Wildman–Crippen MR) is 111 cm³/mol. The lowest BCUT2D eigenvalue weighted by molar-refractivity contribution is -0.118. The second-order valence-corrected chi connectivity index (χ2v) is 8.54. The van der Waals surface area contributed by atoms with E-state index in [-0.39, 0.29) is 17.4 Å². The number of benzene rings is 2. The van der Waals surface area contributed by atoms with E-state index in [1.807, 2.05) is 32.9 Å². The molecule has 2 rings (SSSR count). The lowest BCUT2D eigenvalue weighted by Crippen LogP contribution is -2.30. The van der Waals surface area contributed by atoms with Gasteiger partial charge >= 0.3 is 0 Å². The number of carbonyl (C=O) groups excluding carboxylic acids is 1. The smallest absolute Gasteiger partial charge is 0.262 e. The van der Waals surface area contributed by atoms with Gasteiger partial charge in [-0.05, 0) is 61.7 Å². The molecule has 6 nitrogen and oxygen atoms in total. The van der Waals surface area contributed by atoms with E-state index in [1.165, 1.54) is 16.4 Å². The van der Waals surface area contributed by atoms with Crippen LogP contribution in [0.2, 0.25) is 0 Å². The fraction of sp³-hybridized carbons (Fsp3) is 0.381. The molecule has 2 aromatic rings. The average Bonchev–Trinajstić information content (AvgIpc) is 2.66. The van der Waals surface area contributed by atoms with Crippen molar-refractivity contribution in [3.8, 4) is 5.75 Å². The van der Waals surface area contributed by atoms with Crippen LogP contribution in [-0.2, 0) is 14.8 Å². The third-order valence-corrected chi connectivity index (χ3v) is 6.77. The molecule has 1 amide bonds. The summed E-state index contributed by atoms with van der Waals surface area (Å²) in [6.45, 7) is 10.2. The molecule has 7 heteroatoms. The van der Waals surface area contributed by atoms with Crippen LogP contribution in [0.3, 0.4) is 0 Å². The van der Waals surface area contributed by atoms with E-state index in [4.69, 9.17) is 4.74 Å². The Kier molecular flexibility index (Phi) is 7.21. The molecule has 0 aliphatic heterocycles. The molecule has 0 aromatic heterocycles. The molecule has 0 bridgehead atoms. The summed E-state index contributed by atoms with van der Waals surface area (Å²) in [5.41, 5.74) is 3.61. The number of amides is 1. The summed E-state index contributed by atoms with van der Waals surface area (Å²) in [6, 6.07) is 10.1. The van der Waals surface area contributed by atoms with Gasteiger partial charge in [0.2, 0.25) is 10.0 Å². The molecule has 0 spiro atoms. The number of carbonyl (C=O) groups is 1. The Balaban J connectivity index is 2.03. The highest BCUT2D eigenvalue weighted by Crippen LogP contribution is 2.25. The second-order valence-electron chi connectivity index (χ2n) is 6.60. The van der Waals surface area contributed by atoms with Crippen molar-refractivity contribution in [2.75, 3.05) is 25.0 Å². The first kappa shape index (κ1) is 21.9. The highest BCUT2D eigenvalue weighted by molar-refractivity contribution is 7.89. The van der Waals surface area contributed by atoms with Crippen LogP contribution in [0.15, 0.2) is 41.3 Å². The third-order valence-electron chi connectivity index (χ3n) is 4.70. The van der Waals surface area contributed by atoms with Crippen molar-refractivity contribution in [3.63, 3.8) is 0 Å². The number of ether oxygens (including phenoxy) is 1. The van der Waals surface area contributed by atoms with Crippen molar-refractivity contribution in [1.29, 1.82) is 0 Å². The van der Waals surface area contributed by atoms with Gasteiger partial charge in [0, 0.05) is 18.8 Å². The van der Waals surface area contributed by atoms with Crippen LogP contribution in [0.1, 0.15) is 30.5 Å². The molecule has 0 saturated heterocycles. The summed E-state index contributed by atoms with van der Waals surface area (Å²) in [5.74, 6) is 0.412. The zero-order chi connectivity index (χ0) is 20.9. The molecule has 0 heterocycles. The number of aryl methyl sites for hydroxylation is 2. The molecule has 0 saturated carbocycles. The Morgan fingerprint density at radius 3 is 2.11 bits per heavy atom. The minimum Gasteiger partial charge on any atom is -0.483 e. The minimum atomic E-state index is -3.51. The first-order chi connectivity index (χ1) is 13.2. The summed E-state index contributed by atoms with van der Waals surface area (Å²) < 4.78 is 32.1. The summed E-state index contributed by atoms with van der Waals surface area (Å²) in [4.78, 5) is 12.4. The normalized spacial score (nSPS) is 11.5. The van der Waals surface area contributed by atoms with Crippen LogP contribution >= 0.6 is 0 Å². The molecule has 2 aromatic carbocycles. The summed E-state index contributed by atoms with van der Waals surface area (Å²) in [6.07, 6.45) is 0. The quantitative estimate of drug-likeness (QED) is 0.728. The maximum absolute atomic E-state index is 12.5. The van der Waals surface area contributed by atoms with Crippen molar-refractivity contribution in [2.24, 2.45) is 0 Å². The molecule has 28 heavy (non-hydrogen) atoms. The highest BCUT2D eigenvalue weighted by atomic mass is 32.2. The number of sulfonamides is 1. The van der Waals surface area contributed by atoms with E-state index >= 15 is 0 Å². The van der Waals surface area contributed by atoms with Gasteiger partial charge in [-0.3, -0.25) is 4.79 Å². The molecule has 0 aliphatic rings. The number of nitrogens with one attached hydrogen (secondary N) is 1. The zero-order valence-electron chi connectivity index (χ0n) is 17.1. The van der Waals surface area contributed by atoms with E-state index in [2.05, 4.69) is 5.32 Å².